The van der Waals surface area contributed by atoms with E-state index in [4.69, 9.17) is 4.74 Å². The quantitative estimate of drug-likeness (QED) is 0.536. The third kappa shape index (κ3) is 5.90. The normalized spacial score (nSPS) is 11.9. The summed E-state index contributed by atoms with van der Waals surface area (Å²) in [7, 11) is -1.10. The van der Waals surface area contributed by atoms with Crippen LogP contribution < -0.4 is 0 Å². The Morgan fingerprint density at radius 1 is 0.778 bits per heavy atom. The van der Waals surface area contributed by atoms with Crippen molar-refractivity contribution in [1.82, 2.24) is 0 Å². The highest BCUT2D eigenvalue weighted by Crippen LogP contribution is 2.26. The van der Waals surface area contributed by atoms with Gasteiger partial charge in [-0.2, -0.15) is 0 Å². The number of hydrogen-bond acceptors (Lipinski definition) is 3. The average Bonchev–Trinajstić information content (AvgIpc) is 2.72. The lowest BCUT2D eigenvalue weighted by atomic mass is 10.0. The van der Waals surface area contributed by atoms with Gasteiger partial charge in [-0.3, -0.25) is 9.00 Å². The molecule has 0 N–H and O–H groups in total. The number of ether oxygens (including phenoxy) is 1. The first-order chi connectivity index (χ1) is 13.2. The van der Waals surface area contributed by atoms with E-state index in [2.05, 4.69) is 0 Å². The van der Waals surface area contributed by atoms with Gasteiger partial charge in [-0.05, 0) is 16.7 Å². The number of esters is 1. The Hall–Kier alpha value is -2.72. The molecule has 0 bridgehead atoms. The maximum Gasteiger partial charge on any atom is 0.307 e. The SMILES string of the molecule is O=C(CCS(=O)Cc1ccccc1)OC(c1ccccc1)c1ccccc1. The van der Waals surface area contributed by atoms with Gasteiger partial charge in [-0.25, -0.2) is 0 Å². The van der Waals surface area contributed by atoms with Crippen LogP contribution in [-0.4, -0.2) is 15.9 Å². The Morgan fingerprint density at radius 3 is 1.78 bits per heavy atom. The molecule has 3 aromatic carbocycles. The molecule has 0 spiro atoms. The molecule has 0 aromatic heterocycles. The van der Waals surface area contributed by atoms with Crippen molar-refractivity contribution in [2.45, 2.75) is 18.3 Å². The summed E-state index contributed by atoms with van der Waals surface area (Å²) in [6, 6.07) is 29.0. The molecule has 3 nitrogen and oxygen atoms in total. The molecule has 0 aliphatic heterocycles. The van der Waals surface area contributed by atoms with E-state index < -0.39 is 16.9 Å². The summed E-state index contributed by atoms with van der Waals surface area (Å²) >= 11 is 0. The molecule has 0 aliphatic carbocycles. The predicted molar refractivity (Wildman–Crippen MR) is 109 cm³/mol. The molecule has 3 aromatic rings. The molecule has 0 saturated carbocycles. The summed E-state index contributed by atoms with van der Waals surface area (Å²) in [5, 5.41) is 0. The van der Waals surface area contributed by atoms with Gasteiger partial charge >= 0.3 is 5.97 Å². The lowest BCUT2D eigenvalue weighted by molar-refractivity contribution is -0.147. The fourth-order valence-corrected chi connectivity index (χ4v) is 3.91. The summed E-state index contributed by atoms with van der Waals surface area (Å²) in [4.78, 5) is 12.4. The van der Waals surface area contributed by atoms with E-state index in [9.17, 15) is 9.00 Å². The number of benzene rings is 3. The second-order valence-electron chi connectivity index (χ2n) is 6.22. The number of hydrogen-bond donors (Lipinski definition) is 0. The molecule has 0 aliphatic rings. The molecule has 27 heavy (non-hydrogen) atoms. The standard InChI is InChI=1S/C23H22O3S/c24-22(16-17-27(25)18-19-10-4-1-5-11-19)26-23(20-12-6-2-7-13-20)21-14-8-3-9-15-21/h1-15,23H,16-18H2. The monoisotopic (exact) mass is 378 g/mol. The van der Waals surface area contributed by atoms with E-state index in [1.165, 1.54) is 0 Å². The Balaban J connectivity index is 1.60. The molecular formula is C23H22O3S. The fraction of sp³-hybridized carbons (Fsp3) is 0.174. The third-order valence-electron chi connectivity index (χ3n) is 4.16. The fourth-order valence-electron chi connectivity index (χ4n) is 2.80. The van der Waals surface area contributed by atoms with Gasteiger partial charge in [0.1, 0.15) is 0 Å². The van der Waals surface area contributed by atoms with Crippen LogP contribution in [0.5, 0.6) is 0 Å². The van der Waals surface area contributed by atoms with Crippen LogP contribution in [0.1, 0.15) is 29.2 Å². The summed E-state index contributed by atoms with van der Waals surface area (Å²) in [6.45, 7) is 0. The highest BCUT2D eigenvalue weighted by atomic mass is 32.2. The number of carbonyl (C=O) groups excluding carboxylic acids is 1. The van der Waals surface area contributed by atoms with E-state index >= 15 is 0 Å². The number of rotatable bonds is 8. The van der Waals surface area contributed by atoms with Gasteiger partial charge in [0.05, 0.1) is 6.42 Å². The summed E-state index contributed by atoms with van der Waals surface area (Å²) in [6.07, 6.45) is -0.322. The molecule has 3 rings (SSSR count). The second kappa shape index (κ2) is 9.83. The molecule has 138 valence electrons. The van der Waals surface area contributed by atoms with Crippen molar-refractivity contribution in [3.8, 4) is 0 Å². The average molecular weight is 378 g/mol. The van der Waals surface area contributed by atoms with Crippen LogP contribution in [0.2, 0.25) is 0 Å². The topological polar surface area (TPSA) is 43.4 Å². The van der Waals surface area contributed by atoms with Gasteiger partial charge in [-0.15, -0.1) is 0 Å². The van der Waals surface area contributed by atoms with E-state index in [1.54, 1.807) is 0 Å². The summed E-state index contributed by atoms with van der Waals surface area (Å²) in [5.74, 6) is 0.410. The molecule has 1 unspecified atom stereocenters. The second-order valence-corrected chi connectivity index (χ2v) is 7.79. The minimum atomic E-state index is -1.10. The van der Waals surface area contributed by atoms with Crippen molar-refractivity contribution in [3.63, 3.8) is 0 Å². The van der Waals surface area contributed by atoms with Crippen LogP contribution in [0.25, 0.3) is 0 Å². The summed E-state index contributed by atoms with van der Waals surface area (Å²) in [5.41, 5.74) is 2.85. The van der Waals surface area contributed by atoms with E-state index in [0.717, 1.165) is 16.7 Å². The van der Waals surface area contributed by atoms with E-state index in [-0.39, 0.29) is 12.4 Å². The minimum Gasteiger partial charge on any atom is -0.453 e. The van der Waals surface area contributed by atoms with Crippen molar-refractivity contribution in [2.75, 3.05) is 5.75 Å². The van der Waals surface area contributed by atoms with Crippen LogP contribution in [0.15, 0.2) is 91.0 Å². The van der Waals surface area contributed by atoms with Crippen molar-refractivity contribution < 1.29 is 13.7 Å². The lowest BCUT2D eigenvalue weighted by Crippen LogP contribution is -2.15. The van der Waals surface area contributed by atoms with Crippen molar-refractivity contribution in [3.05, 3.63) is 108 Å². The highest BCUT2D eigenvalue weighted by molar-refractivity contribution is 7.84. The highest BCUT2D eigenvalue weighted by Gasteiger charge is 2.19. The molecule has 0 saturated heterocycles. The zero-order chi connectivity index (χ0) is 18.9. The van der Waals surface area contributed by atoms with Crippen LogP contribution in [0.3, 0.4) is 0 Å². The van der Waals surface area contributed by atoms with Crippen LogP contribution in [0, 0.1) is 0 Å². The van der Waals surface area contributed by atoms with E-state index in [0.29, 0.717) is 11.5 Å². The Morgan fingerprint density at radius 2 is 1.26 bits per heavy atom. The Labute approximate surface area is 162 Å². The lowest BCUT2D eigenvalue weighted by Gasteiger charge is -2.19. The van der Waals surface area contributed by atoms with Gasteiger partial charge < -0.3 is 4.74 Å². The first-order valence-electron chi connectivity index (χ1n) is 8.90. The molecule has 0 amide bonds. The predicted octanol–water partition coefficient (Wildman–Crippen LogP) is 4.66. The van der Waals surface area contributed by atoms with Gasteiger partial charge in [0, 0.05) is 22.3 Å². The van der Waals surface area contributed by atoms with Crippen LogP contribution in [-0.2, 0) is 26.1 Å². The molecule has 0 radical (unpaired) electrons. The maximum absolute atomic E-state index is 12.4. The summed E-state index contributed by atoms with van der Waals surface area (Å²) < 4.78 is 18.0. The zero-order valence-electron chi connectivity index (χ0n) is 15.0. The Bertz CT molecular complexity index is 824. The van der Waals surface area contributed by atoms with Gasteiger partial charge in [0.2, 0.25) is 0 Å². The van der Waals surface area contributed by atoms with Crippen molar-refractivity contribution in [1.29, 1.82) is 0 Å². The van der Waals surface area contributed by atoms with Gasteiger partial charge in [-0.1, -0.05) is 91.0 Å². The maximum atomic E-state index is 12.4. The molecular weight excluding hydrogens is 356 g/mol. The van der Waals surface area contributed by atoms with Crippen LogP contribution >= 0.6 is 0 Å². The van der Waals surface area contributed by atoms with E-state index in [1.807, 2.05) is 91.0 Å². The van der Waals surface area contributed by atoms with Crippen molar-refractivity contribution >= 4 is 16.8 Å². The Kier molecular flexibility index (Phi) is 6.94. The van der Waals surface area contributed by atoms with Gasteiger partial charge in [0.25, 0.3) is 0 Å². The zero-order valence-corrected chi connectivity index (χ0v) is 15.8. The number of carbonyl (C=O) groups is 1. The van der Waals surface area contributed by atoms with Crippen molar-refractivity contribution in [2.24, 2.45) is 0 Å². The van der Waals surface area contributed by atoms with Crippen LogP contribution in [0.4, 0.5) is 0 Å². The largest absolute Gasteiger partial charge is 0.453 e. The molecule has 1 atom stereocenters. The smallest absolute Gasteiger partial charge is 0.307 e. The molecule has 0 heterocycles. The third-order valence-corrected chi connectivity index (χ3v) is 5.47. The molecule has 0 fully saturated rings. The van der Waals surface area contributed by atoms with Gasteiger partial charge in [0.15, 0.2) is 6.10 Å². The first kappa shape index (κ1) is 19.1. The minimum absolute atomic E-state index is 0.135. The first-order valence-corrected chi connectivity index (χ1v) is 10.4. The molecule has 4 heteroatoms.